The Labute approximate surface area is 123 Å². The number of aryl methyl sites for hydroxylation is 1. The zero-order chi connectivity index (χ0) is 14.4. The van der Waals surface area contributed by atoms with Gasteiger partial charge in [-0.1, -0.05) is 12.1 Å². The minimum absolute atomic E-state index is 0.0604. The number of nitrogens with zero attached hydrogens (tertiary/aromatic N) is 1. The second-order valence-corrected chi connectivity index (χ2v) is 5.98. The quantitative estimate of drug-likeness (QED) is 0.906. The van der Waals surface area contributed by atoms with E-state index in [0.717, 1.165) is 37.2 Å². The van der Waals surface area contributed by atoms with Gasteiger partial charge in [0.25, 0.3) is 0 Å². The number of benzene rings is 1. The van der Waals surface area contributed by atoms with Crippen LogP contribution in [0.4, 0.5) is 5.69 Å². The zero-order valence-corrected chi connectivity index (χ0v) is 12.5. The Morgan fingerprint density at radius 1 is 1.25 bits per heavy atom. The molecule has 1 N–H and O–H groups in total. The van der Waals surface area contributed by atoms with Crippen molar-refractivity contribution in [3.05, 3.63) is 29.8 Å². The Balaban J connectivity index is 1.68. The summed E-state index contributed by atoms with van der Waals surface area (Å²) in [5, 5.41) is 2.84. The Hall–Kier alpha value is -1.49. The molecule has 0 spiro atoms. The van der Waals surface area contributed by atoms with Crippen LogP contribution in [0.5, 0.6) is 0 Å². The maximum atomic E-state index is 11.8. The first-order valence-electron chi connectivity index (χ1n) is 6.87. The van der Waals surface area contributed by atoms with Crippen LogP contribution >= 0.6 is 11.8 Å². The van der Waals surface area contributed by atoms with Gasteiger partial charge in [-0.2, -0.15) is 0 Å². The predicted molar refractivity (Wildman–Crippen MR) is 82.9 cm³/mol. The Bertz CT molecular complexity index is 485. The largest absolute Gasteiger partial charge is 0.342 e. The summed E-state index contributed by atoms with van der Waals surface area (Å²) >= 11 is 1.38. The highest BCUT2D eigenvalue weighted by Crippen LogP contribution is 2.12. The van der Waals surface area contributed by atoms with Crippen LogP contribution in [0.15, 0.2) is 24.3 Å². The molecule has 0 radical (unpaired) electrons. The molecule has 1 heterocycles. The molecule has 108 valence electrons. The first kappa shape index (κ1) is 14.9. The molecule has 0 unspecified atom stereocenters. The highest BCUT2D eigenvalue weighted by atomic mass is 32.2. The second-order valence-electron chi connectivity index (χ2n) is 5.00. The lowest BCUT2D eigenvalue weighted by Crippen LogP contribution is -2.29. The van der Waals surface area contributed by atoms with Crippen molar-refractivity contribution in [2.24, 2.45) is 0 Å². The smallest absolute Gasteiger partial charge is 0.234 e. The molecular formula is C15H20N2O2S. The van der Waals surface area contributed by atoms with E-state index in [1.807, 2.05) is 36.1 Å². The van der Waals surface area contributed by atoms with E-state index in [2.05, 4.69) is 5.32 Å². The summed E-state index contributed by atoms with van der Waals surface area (Å²) in [7, 11) is 0. The van der Waals surface area contributed by atoms with Crippen LogP contribution in [-0.4, -0.2) is 41.3 Å². The van der Waals surface area contributed by atoms with Gasteiger partial charge in [-0.15, -0.1) is 11.8 Å². The maximum Gasteiger partial charge on any atom is 0.234 e. The lowest BCUT2D eigenvalue weighted by atomic mass is 10.2. The van der Waals surface area contributed by atoms with E-state index in [4.69, 9.17) is 0 Å². The van der Waals surface area contributed by atoms with Gasteiger partial charge in [0, 0.05) is 18.8 Å². The minimum Gasteiger partial charge on any atom is -0.342 e. The van der Waals surface area contributed by atoms with Gasteiger partial charge in [0.15, 0.2) is 0 Å². The lowest BCUT2D eigenvalue weighted by molar-refractivity contribution is -0.127. The zero-order valence-electron chi connectivity index (χ0n) is 11.7. The van der Waals surface area contributed by atoms with Crippen LogP contribution in [0.1, 0.15) is 18.4 Å². The molecule has 1 aromatic carbocycles. The van der Waals surface area contributed by atoms with Crippen LogP contribution in [0, 0.1) is 6.92 Å². The van der Waals surface area contributed by atoms with E-state index in [9.17, 15) is 9.59 Å². The summed E-state index contributed by atoms with van der Waals surface area (Å²) in [5.74, 6) is 0.792. The fraction of sp³-hybridized carbons (Fsp3) is 0.467. The lowest BCUT2D eigenvalue weighted by Gasteiger charge is -2.14. The van der Waals surface area contributed by atoms with Crippen molar-refractivity contribution in [2.75, 3.05) is 29.9 Å². The van der Waals surface area contributed by atoms with Crippen molar-refractivity contribution in [2.45, 2.75) is 19.8 Å². The number of rotatable bonds is 5. The van der Waals surface area contributed by atoms with Gasteiger partial charge >= 0.3 is 0 Å². The van der Waals surface area contributed by atoms with E-state index in [1.54, 1.807) is 0 Å². The maximum absolute atomic E-state index is 11.8. The van der Waals surface area contributed by atoms with Crippen LogP contribution < -0.4 is 5.32 Å². The van der Waals surface area contributed by atoms with E-state index >= 15 is 0 Å². The molecule has 0 aliphatic carbocycles. The highest BCUT2D eigenvalue weighted by Gasteiger charge is 2.17. The van der Waals surface area contributed by atoms with Gasteiger partial charge < -0.3 is 10.2 Å². The molecule has 4 nitrogen and oxygen atoms in total. The molecule has 0 saturated carbocycles. The van der Waals surface area contributed by atoms with Crippen molar-refractivity contribution in [3.8, 4) is 0 Å². The van der Waals surface area contributed by atoms with E-state index < -0.39 is 0 Å². The van der Waals surface area contributed by atoms with E-state index in [-0.39, 0.29) is 11.8 Å². The van der Waals surface area contributed by atoms with Gasteiger partial charge in [-0.05, 0) is 37.5 Å². The van der Waals surface area contributed by atoms with Gasteiger partial charge in [0.05, 0.1) is 11.5 Å². The van der Waals surface area contributed by atoms with Crippen molar-refractivity contribution < 1.29 is 9.59 Å². The Morgan fingerprint density at radius 2 is 2.00 bits per heavy atom. The molecular weight excluding hydrogens is 272 g/mol. The SMILES string of the molecule is Cc1cccc(NC(=O)CSCC(=O)N2CCCC2)c1. The van der Waals surface area contributed by atoms with Crippen molar-refractivity contribution in [1.29, 1.82) is 0 Å². The second kappa shape index (κ2) is 7.33. The Morgan fingerprint density at radius 3 is 2.70 bits per heavy atom. The molecule has 1 aliphatic rings. The number of hydrogen-bond acceptors (Lipinski definition) is 3. The van der Waals surface area contributed by atoms with Gasteiger partial charge in [0.1, 0.15) is 0 Å². The highest BCUT2D eigenvalue weighted by molar-refractivity contribution is 8.00. The molecule has 0 bridgehead atoms. The molecule has 2 rings (SSSR count). The molecule has 1 saturated heterocycles. The molecule has 0 atom stereocenters. The summed E-state index contributed by atoms with van der Waals surface area (Å²) in [6.07, 6.45) is 2.20. The number of anilines is 1. The summed E-state index contributed by atoms with van der Waals surface area (Å²) in [5.41, 5.74) is 1.92. The van der Waals surface area contributed by atoms with E-state index in [1.165, 1.54) is 11.8 Å². The van der Waals surface area contributed by atoms with Crippen LogP contribution in [0.25, 0.3) is 0 Å². The average molecular weight is 292 g/mol. The molecule has 20 heavy (non-hydrogen) atoms. The number of hydrogen-bond donors (Lipinski definition) is 1. The normalized spacial score (nSPS) is 14.3. The number of nitrogens with one attached hydrogen (secondary N) is 1. The fourth-order valence-corrected chi connectivity index (χ4v) is 2.93. The van der Waals surface area contributed by atoms with Gasteiger partial charge in [-0.25, -0.2) is 0 Å². The van der Waals surface area contributed by atoms with Crippen LogP contribution in [0.3, 0.4) is 0 Å². The number of carbonyl (C=O) groups is 2. The monoisotopic (exact) mass is 292 g/mol. The molecule has 1 aliphatic heterocycles. The summed E-state index contributed by atoms with van der Waals surface area (Å²) < 4.78 is 0. The van der Waals surface area contributed by atoms with Crippen molar-refractivity contribution in [3.63, 3.8) is 0 Å². The van der Waals surface area contributed by atoms with Gasteiger partial charge in [-0.3, -0.25) is 9.59 Å². The molecule has 1 fully saturated rings. The van der Waals surface area contributed by atoms with Crippen molar-refractivity contribution >= 4 is 29.3 Å². The first-order chi connectivity index (χ1) is 9.65. The van der Waals surface area contributed by atoms with Crippen molar-refractivity contribution in [1.82, 2.24) is 4.90 Å². The minimum atomic E-state index is -0.0604. The number of amides is 2. The average Bonchev–Trinajstić information content (AvgIpc) is 2.92. The Kier molecular flexibility index (Phi) is 5.47. The molecule has 0 aromatic heterocycles. The summed E-state index contributed by atoms with van der Waals surface area (Å²) in [4.78, 5) is 25.5. The number of likely N-dealkylation sites (tertiary alicyclic amines) is 1. The standard InChI is InChI=1S/C15H20N2O2S/c1-12-5-4-6-13(9-12)16-14(18)10-20-11-15(19)17-7-2-3-8-17/h4-6,9H,2-3,7-8,10-11H2,1H3,(H,16,18). The third kappa shape index (κ3) is 4.56. The summed E-state index contributed by atoms with van der Waals surface area (Å²) in [6, 6.07) is 7.69. The summed E-state index contributed by atoms with van der Waals surface area (Å²) in [6.45, 7) is 3.73. The number of thioether (sulfide) groups is 1. The molecule has 2 amide bonds. The molecule has 5 heteroatoms. The predicted octanol–water partition coefficient (Wildman–Crippen LogP) is 2.29. The third-order valence-electron chi connectivity index (χ3n) is 3.22. The van der Waals surface area contributed by atoms with Gasteiger partial charge in [0.2, 0.25) is 11.8 Å². The van der Waals surface area contributed by atoms with E-state index in [0.29, 0.717) is 11.5 Å². The number of carbonyl (C=O) groups excluding carboxylic acids is 2. The topological polar surface area (TPSA) is 49.4 Å². The fourth-order valence-electron chi connectivity index (χ4n) is 2.21. The molecule has 1 aromatic rings. The van der Waals surface area contributed by atoms with Crippen LogP contribution in [0.2, 0.25) is 0 Å². The third-order valence-corrected chi connectivity index (χ3v) is 4.14. The first-order valence-corrected chi connectivity index (χ1v) is 8.02. The van der Waals surface area contributed by atoms with Crippen LogP contribution in [-0.2, 0) is 9.59 Å².